The molecule has 0 unspecified atom stereocenters. The molecule has 0 atom stereocenters. The van der Waals surface area contributed by atoms with E-state index in [1.54, 1.807) is 7.11 Å². The number of ether oxygens (including phenoxy) is 1. The first-order chi connectivity index (χ1) is 10.2. The van der Waals surface area contributed by atoms with Crippen molar-refractivity contribution in [3.8, 4) is 22.8 Å². The van der Waals surface area contributed by atoms with Crippen molar-refractivity contribution in [1.82, 2.24) is 14.8 Å². The van der Waals surface area contributed by atoms with E-state index in [0.717, 1.165) is 22.9 Å². The maximum Gasteiger partial charge on any atom is 0.168 e. The van der Waals surface area contributed by atoms with Gasteiger partial charge in [-0.25, -0.2) is 0 Å². The van der Waals surface area contributed by atoms with Gasteiger partial charge in [-0.3, -0.25) is 4.57 Å². The van der Waals surface area contributed by atoms with Crippen LogP contribution in [0, 0.1) is 6.92 Å². The fourth-order valence-corrected chi connectivity index (χ4v) is 2.31. The highest BCUT2D eigenvalue weighted by Crippen LogP contribution is 2.29. The molecule has 5 nitrogen and oxygen atoms in total. The molecule has 2 N–H and O–H groups in total. The highest BCUT2D eigenvalue weighted by molar-refractivity contribution is 5.67. The molecule has 5 heteroatoms. The van der Waals surface area contributed by atoms with Gasteiger partial charge in [-0.2, -0.15) is 0 Å². The second kappa shape index (κ2) is 5.28. The minimum Gasteiger partial charge on any atom is -0.495 e. The lowest BCUT2D eigenvalue weighted by atomic mass is 10.1. The Kier molecular flexibility index (Phi) is 3.31. The summed E-state index contributed by atoms with van der Waals surface area (Å²) in [4.78, 5) is 0. The molecule has 0 saturated heterocycles. The van der Waals surface area contributed by atoms with Gasteiger partial charge in [0, 0.05) is 11.3 Å². The van der Waals surface area contributed by atoms with E-state index in [1.807, 2.05) is 60.0 Å². The van der Waals surface area contributed by atoms with Crippen LogP contribution in [0.4, 0.5) is 5.69 Å². The van der Waals surface area contributed by atoms with Crippen molar-refractivity contribution in [1.29, 1.82) is 0 Å². The number of methoxy groups -OCH3 is 1. The molecule has 2 aromatic carbocycles. The van der Waals surface area contributed by atoms with Gasteiger partial charge in [0.25, 0.3) is 0 Å². The molecule has 0 aliphatic carbocycles. The van der Waals surface area contributed by atoms with Crippen molar-refractivity contribution in [2.24, 2.45) is 0 Å². The van der Waals surface area contributed by atoms with Crippen LogP contribution in [0.15, 0.2) is 48.5 Å². The third kappa shape index (κ3) is 2.33. The first-order valence-electron chi connectivity index (χ1n) is 6.62. The third-order valence-corrected chi connectivity index (χ3v) is 3.33. The monoisotopic (exact) mass is 280 g/mol. The Labute approximate surface area is 123 Å². The predicted molar refractivity (Wildman–Crippen MR) is 82.5 cm³/mol. The smallest absolute Gasteiger partial charge is 0.168 e. The summed E-state index contributed by atoms with van der Waals surface area (Å²) in [5.74, 6) is 2.24. The number of nitrogens with zero attached hydrogens (tertiary/aromatic N) is 3. The Balaban J connectivity index is 2.14. The fraction of sp³-hybridized carbons (Fsp3) is 0.125. The van der Waals surface area contributed by atoms with Crippen LogP contribution in [-0.4, -0.2) is 21.9 Å². The van der Waals surface area contributed by atoms with Gasteiger partial charge in [0.15, 0.2) is 5.82 Å². The lowest BCUT2D eigenvalue weighted by Gasteiger charge is -2.10. The second-order valence-corrected chi connectivity index (χ2v) is 4.70. The standard InChI is InChI=1S/C16H16N4O/c1-11-18-19-16(20(11)13-6-4-3-5-7-13)12-8-9-15(21-2)14(17)10-12/h3-10H,17H2,1-2H3. The summed E-state index contributed by atoms with van der Waals surface area (Å²) in [6.45, 7) is 1.93. The van der Waals surface area contributed by atoms with Crippen LogP contribution in [-0.2, 0) is 0 Å². The van der Waals surface area contributed by atoms with Crippen LogP contribution in [0.25, 0.3) is 17.1 Å². The Hall–Kier alpha value is -2.82. The Bertz CT molecular complexity index is 765. The Morgan fingerprint density at radius 3 is 2.48 bits per heavy atom. The highest BCUT2D eigenvalue weighted by atomic mass is 16.5. The predicted octanol–water partition coefficient (Wildman–Crippen LogP) is 2.83. The number of rotatable bonds is 3. The highest BCUT2D eigenvalue weighted by Gasteiger charge is 2.13. The molecule has 0 aliphatic rings. The van der Waals surface area contributed by atoms with Gasteiger partial charge in [0.2, 0.25) is 0 Å². The quantitative estimate of drug-likeness (QED) is 0.749. The lowest BCUT2D eigenvalue weighted by molar-refractivity contribution is 0.417. The number of aryl methyl sites for hydroxylation is 1. The number of para-hydroxylation sites is 1. The van der Waals surface area contributed by atoms with Crippen LogP contribution in [0.2, 0.25) is 0 Å². The largest absolute Gasteiger partial charge is 0.495 e. The summed E-state index contributed by atoms with van der Waals surface area (Å²) >= 11 is 0. The van der Waals surface area contributed by atoms with Crippen molar-refractivity contribution >= 4 is 5.69 Å². The number of anilines is 1. The fourth-order valence-electron chi connectivity index (χ4n) is 2.31. The van der Waals surface area contributed by atoms with Crippen LogP contribution in [0.3, 0.4) is 0 Å². The molecule has 0 aliphatic heterocycles. The maximum absolute atomic E-state index is 5.98. The average molecular weight is 280 g/mol. The Morgan fingerprint density at radius 2 is 1.81 bits per heavy atom. The molecule has 1 aromatic heterocycles. The van der Waals surface area contributed by atoms with Gasteiger partial charge in [-0.15, -0.1) is 10.2 Å². The number of hydrogen-bond acceptors (Lipinski definition) is 4. The zero-order chi connectivity index (χ0) is 14.8. The molecule has 0 amide bonds. The number of aromatic nitrogens is 3. The molecule has 21 heavy (non-hydrogen) atoms. The van der Waals surface area contributed by atoms with Crippen LogP contribution in [0.5, 0.6) is 5.75 Å². The second-order valence-electron chi connectivity index (χ2n) is 4.70. The molecular formula is C16H16N4O. The lowest BCUT2D eigenvalue weighted by Crippen LogP contribution is -2.00. The van der Waals surface area contributed by atoms with E-state index in [0.29, 0.717) is 11.4 Å². The van der Waals surface area contributed by atoms with Crippen molar-refractivity contribution in [2.75, 3.05) is 12.8 Å². The normalized spacial score (nSPS) is 10.6. The molecular weight excluding hydrogens is 264 g/mol. The van der Waals surface area contributed by atoms with Crippen LogP contribution < -0.4 is 10.5 Å². The average Bonchev–Trinajstić information content (AvgIpc) is 2.90. The topological polar surface area (TPSA) is 66.0 Å². The van der Waals surface area contributed by atoms with E-state index in [-0.39, 0.29) is 0 Å². The number of nitrogens with two attached hydrogens (primary N) is 1. The van der Waals surface area contributed by atoms with Crippen molar-refractivity contribution in [3.63, 3.8) is 0 Å². The van der Waals surface area contributed by atoms with E-state index in [9.17, 15) is 0 Å². The van der Waals surface area contributed by atoms with Crippen molar-refractivity contribution in [2.45, 2.75) is 6.92 Å². The molecule has 3 aromatic rings. The molecule has 0 spiro atoms. The van der Waals surface area contributed by atoms with Gasteiger partial charge >= 0.3 is 0 Å². The number of hydrogen-bond donors (Lipinski definition) is 1. The van der Waals surface area contributed by atoms with Gasteiger partial charge in [0.1, 0.15) is 11.6 Å². The summed E-state index contributed by atoms with van der Waals surface area (Å²) in [5.41, 5.74) is 8.48. The minimum absolute atomic E-state index is 0.579. The molecule has 1 heterocycles. The SMILES string of the molecule is COc1ccc(-c2nnc(C)n2-c2ccccc2)cc1N. The molecule has 0 bridgehead atoms. The van der Waals surface area contributed by atoms with Gasteiger partial charge < -0.3 is 10.5 Å². The van der Waals surface area contributed by atoms with Crippen molar-refractivity contribution in [3.05, 3.63) is 54.4 Å². The number of benzene rings is 2. The van der Waals surface area contributed by atoms with Gasteiger partial charge in [-0.1, -0.05) is 18.2 Å². The van der Waals surface area contributed by atoms with Crippen molar-refractivity contribution < 1.29 is 4.74 Å². The summed E-state index contributed by atoms with van der Waals surface area (Å²) in [6, 6.07) is 15.6. The molecule has 0 saturated carbocycles. The summed E-state index contributed by atoms with van der Waals surface area (Å²) in [7, 11) is 1.60. The molecule has 0 radical (unpaired) electrons. The minimum atomic E-state index is 0.579. The van der Waals surface area contributed by atoms with E-state index < -0.39 is 0 Å². The van der Waals surface area contributed by atoms with Gasteiger partial charge in [0.05, 0.1) is 12.8 Å². The van der Waals surface area contributed by atoms with Crippen LogP contribution in [0.1, 0.15) is 5.82 Å². The van der Waals surface area contributed by atoms with E-state index in [2.05, 4.69) is 10.2 Å². The Morgan fingerprint density at radius 1 is 1.05 bits per heavy atom. The summed E-state index contributed by atoms with van der Waals surface area (Å²) in [6.07, 6.45) is 0. The van der Waals surface area contributed by atoms with E-state index >= 15 is 0 Å². The van der Waals surface area contributed by atoms with Crippen LogP contribution >= 0.6 is 0 Å². The zero-order valence-electron chi connectivity index (χ0n) is 11.9. The summed E-state index contributed by atoms with van der Waals surface area (Å²) < 4.78 is 7.19. The number of nitrogen functional groups attached to an aromatic ring is 1. The molecule has 3 rings (SSSR count). The first-order valence-corrected chi connectivity index (χ1v) is 6.62. The van der Waals surface area contributed by atoms with E-state index in [1.165, 1.54) is 0 Å². The molecule has 0 fully saturated rings. The maximum atomic E-state index is 5.98. The van der Waals surface area contributed by atoms with E-state index in [4.69, 9.17) is 10.5 Å². The van der Waals surface area contributed by atoms with Gasteiger partial charge in [-0.05, 0) is 37.3 Å². The third-order valence-electron chi connectivity index (χ3n) is 3.33. The first kappa shape index (κ1) is 13.2. The zero-order valence-corrected chi connectivity index (χ0v) is 11.9. The summed E-state index contributed by atoms with van der Waals surface area (Å²) in [5, 5.41) is 8.46. The molecule has 106 valence electrons.